The van der Waals surface area contributed by atoms with Crippen LogP contribution in [-0.4, -0.2) is 23.6 Å². The Morgan fingerprint density at radius 1 is 1.30 bits per heavy atom. The molecule has 0 radical (unpaired) electrons. The van der Waals surface area contributed by atoms with Gasteiger partial charge >= 0.3 is 0 Å². The van der Waals surface area contributed by atoms with Gasteiger partial charge in [0.1, 0.15) is 5.75 Å². The second-order valence-corrected chi connectivity index (χ2v) is 5.66. The Hall–Kier alpha value is -2.53. The molecule has 2 aromatic carbocycles. The van der Waals surface area contributed by atoms with E-state index < -0.39 is 0 Å². The quantitative estimate of drug-likeness (QED) is 0.562. The van der Waals surface area contributed by atoms with Crippen molar-refractivity contribution in [2.75, 3.05) is 13.7 Å². The van der Waals surface area contributed by atoms with E-state index in [2.05, 4.69) is 4.98 Å². The summed E-state index contributed by atoms with van der Waals surface area (Å²) < 4.78 is 5.15. The molecule has 6 heteroatoms. The molecule has 23 heavy (non-hydrogen) atoms. The molecular weight excluding hydrogens is 316 g/mol. The van der Waals surface area contributed by atoms with Crippen LogP contribution in [0.3, 0.4) is 0 Å². The van der Waals surface area contributed by atoms with Crippen LogP contribution in [0.5, 0.6) is 5.75 Å². The normalized spacial score (nSPS) is 12.3. The molecule has 0 aliphatic carbocycles. The maximum Gasteiger partial charge on any atom is 0.214 e. The van der Waals surface area contributed by atoms with Crippen molar-refractivity contribution in [2.45, 2.75) is 5.92 Å². The fourth-order valence-corrected chi connectivity index (χ4v) is 3.08. The molecule has 1 atom stereocenters. The number of nitrogens with one attached hydrogen (secondary N) is 1. The number of methoxy groups -OCH3 is 1. The lowest BCUT2D eigenvalue weighted by molar-refractivity contribution is -0.481. The molecule has 0 saturated carbocycles. The van der Waals surface area contributed by atoms with E-state index in [0.717, 1.165) is 22.0 Å². The summed E-state index contributed by atoms with van der Waals surface area (Å²) >= 11 is 6.19. The lowest BCUT2D eigenvalue weighted by Crippen LogP contribution is -2.13. The van der Waals surface area contributed by atoms with Gasteiger partial charge in [0.05, 0.1) is 18.1 Å². The van der Waals surface area contributed by atoms with E-state index in [1.807, 2.05) is 36.5 Å². The minimum atomic E-state index is -0.385. The van der Waals surface area contributed by atoms with E-state index in [1.54, 1.807) is 12.1 Å². The van der Waals surface area contributed by atoms with Gasteiger partial charge in [-0.15, -0.1) is 0 Å². The Labute approximate surface area is 138 Å². The fraction of sp³-hybridized carbons (Fsp3) is 0.176. The highest BCUT2D eigenvalue weighted by molar-refractivity contribution is 6.32. The molecule has 0 amide bonds. The van der Waals surface area contributed by atoms with E-state index in [4.69, 9.17) is 16.3 Å². The van der Waals surface area contributed by atoms with Gasteiger partial charge in [-0.3, -0.25) is 10.1 Å². The van der Waals surface area contributed by atoms with Gasteiger partial charge in [0.2, 0.25) is 6.54 Å². The van der Waals surface area contributed by atoms with Crippen molar-refractivity contribution in [1.29, 1.82) is 0 Å². The molecule has 0 spiro atoms. The number of H-pyrrole nitrogens is 1. The summed E-state index contributed by atoms with van der Waals surface area (Å²) in [5, 5.41) is 12.6. The van der Waals surface area contributed by atoms with Gasteiger partial charge in [0.15, 0.2) is 0 Å². The third-order valence-electron chi connectivity index (χ3n) is 3.91. The number of hydrogen-bond acceptors (Lipinski definition) is 3. The van der Waals surface area contributed by atoms with Crippen LogP contribution in [0.25, 0.3) is 10.9 Å². The average molecular weight is 331 g/mol. The summed E-state index contributed by atoms with van der Waals surface area (Å²) in [6.07, 6.45) is 1.83. The van der Waals surface area contributed by atoms with Crippen LogP contribution in [-0.2, 0) is 0 Å². The molecule has 1 N–H and O–H groups in total. The molecule has 5 nitrogen and oxygen atoms in total. The highest BCUT2D eigenvalue weighted by Crippen LogP contribution is 2.34. The van der Waals surface area contributed by atoms with Crippen LogP contribution in [0.2, 0.25) is 5.02 Å². The Kier molecular flexibility index (Phi) is 4.21. The van der Waals surface area contributed by atoms with Crippen molar-refractivity contribution in [3.63, 3.8) is 0 Å². The molecule has 0 aliphatic rings. The van der Waals surface area contributed by atoms with Crippen molar-refractivity contribution in [3.8, 4) is 5.75 Å². The second-order valence-electron chi connectivity index (χ2n) is 5.25. The Morgan fingerprint density at radius 2 is 2.09 bits per heavy atom. The number of benzene rings is 2. The van der Waals surface area contributed by atoms with Gasteiger partial charge in [0.25, 0.3) is 0 Å². The van der Waals surface area contributed by atoms with Crippen LogP contribution in [0, 0.1) is 10.1 Å². The summed E-state index contributed by atoms with van der Waals surface area (Å²) in [4.78, 5) is 14.0. The molecule has 1 aromatic heterocycles. The maximum absolute atomic E-state index is 11.2. The number of fused-ring (bicyclic) bond motifs is 1. The number of rotatable bonds is 5. The fourth-order valence-electron chi connectivity index (χ4n) is 2.81. The van der Waals surface area contributed by atoms with E-state index in [0.29, 0.717) is 10.8 Å². The summed E-state index contributed by atoms with van der Waals surface area (Å²) in [5.74, 6) is 0.166. The first-order valence-corrected chi connectivity index (χ1v) is 7.49. The largest absolute Gasteiger partial charge is 0.495 e. The molecule has 0 bridgehead atoms. The molecular formula is C17H15ClN2O3. The number of nitro groups is 1. The monoisotopic (exact) mass is 330 g/mol. The Morgan fingerprint density at radius 3 is 2.78 bits per heavy atom. The first kappa shape index (κ1) is 15.4. The van der Waals surface area contributed by atoms with Gasteiger partial charge in [-0.1, -0.05) is 35.9 Å². The second kappa shape index (κ2) is 6.30. The Bertz CT molecular complexity index is 860. The number of para-hydroxylation sites is 1. The van der Waals surface area contributed by atoms with Crippen LogP contribution < -0.4 is 4.74 Å². The van der Waals surface area contributed by atoms with Crippen LogP contribution in [0.15, 0.2) is 48.7 Å². The predicted molar refractivity (Wildman–Crippen MR) is 90.0 cm³/mol. The number of halogens is 1. The van der Waals surface area contributed by atoms with E-state index in [-0.39, 0.29) is 17.4 Å². The highest BCUT2D eigenvalue weighted by atomic mass is 35.5. The summed E-state index contributed by atoms with van der Waals surface area (Å²) in [7, 11) is 1.54. The minimum Gasteiger partial charge on any atom is -0.495 e. The molecule has 0 fully saturated rings. The van der Waals surface area contributed by atoms with Crippen molar-refractivity contribution in [3.05, 3.63) is 74.9 Å². The summed E-state index contributed by atoms with van der Waals surface area (Å²) in [6.45, 7) is -0.204. The SMILES string of the molecule is COc1ccc([C@@H](C[N+](=O)[O-])c2c[nH]c3ccccc23)cc1Cl. The number of aromatic amines is 1. The first-order chi connectivity index (χ1) is 11.1. The number of hydrogen-bond donors (Lipinski definition) is 1. The van der Waals surface area contributed by atoms with Gasteiger partial charge in [-0.05, 0) is 29.3 Å². The number of ether oxygens (including phenoxy) is 1. The third kappa shape index (κ3) is 3.00. The van der Waals surface area contributed by atoms with Crippen molar-refractivity contribution in [1.82, 2.24) is 4.98 Å². The third-order valence-corrected chi connectivity index (χ3v) is 4.20. The van der Waals surface area contributed by atoms with E-state index in [9.17, 15) is 10.1 Å². The average Bonchev–Trinajstić information content (AvgIpc) is 2.96. The van der Waals surface area contributed by atoms with Crippen molar-refractivity contribution >= 4 is 22.5 Å². The summed E-state index contributed by atoms with van der Waals surface area (Å²) in [6, 6.07) is 13.0. The standard InChI is InChI=1S/C17H15ClN2O3/c1-23-17-7-6-11(8-15(17)18)14(10-20(21)22)13-9-19-16-5-3-2-4-12(13)16/h2-9,14,19H,10H2,1H3/t14-/m1/s1. The molecule has 0 unspecified atom stereocenters. The van der Waals surface area contributed by atoms with Crippen molar-refractivity contribution < 1.29 is 9.66 Å². The molecule has 3 aromatic rings. The lowest BCUT2D eigenvalue weighted by atomic mass is 9.91. The van der Waals surface area contributed by atoms with Gasteiger partial charge < -0.3 is 9.72 Å². The number of nitrogens with zero attached hydrogens (tertiary/aromatic N) is 1. The molecule has 3 rings (SSSR count). The first-order valence-electron chi connectivity index (χ1n) is 7.11. The highest BCUT2D eigenvalue weighted by Gasteiger charge is 2.24. The lowest BCUT2D eigenvalue weighted by Gasteiger charge is -2.14. The molecule has 1 heterocycles. The van der Waals surface area contributed by atoms with Gasteiger partial charge in [-0.25, -0.2) is 0 Å². The topological polar surface area (TPSA) is 68.2 Å². The zero-order valence-corrected chi connectivity index (χ0v) is 13.2. The van der Waals surface area contributed by atoms with Crippen LogP contribution in [0.1, 0.15) is 17.0 Å². The minimum absolute atomic E-state index is 0.204. The van der Waals surface area contributed by atoms with Crippen molar-refractivity contribution in [2.24, 2.45) is 0 Å². The molecule has 0 aliphatic heterocycles. The zero-order valence-electron chi connectivity index (χ0n) is 12.5. The zero-order chi connectivity index (χ0) is 16.4. The van der Waals surface area contributed by atoms with E-state index >= 15 is 0 Å². The van der Waals surface area contributed by atoms with Gasteiger partial charge in [-0.2, -0.15) is 0 Å². The van der Waals surface area contributed by atoms with Crippen LogP contribution >= 0.6 is 11.6 Å². The van der Waals surface area contributed by atoms with Crippen LogP contribution in [0.4, 0.5) is 0 Å². The summed E-state index contributed by atoms with van der Waals surface area (Å²) in [5.41, 5.74) is 2.63. The number of aromatic nitrogens is 1. The maximum atomic E-state index is 11.2. The smallest absolute Gasteiger partial charge is 0.214 e. The molecule has 0 saturated heterocycles. The Balaban J connectivity index is 2.11. The molecule has 118 valence electrons. The van der Waals surface area contributed by atoms with Gasteiger partial charge in [0, 0.05) is 22.0 Å². The van der Waals surface area contributed by atoms with E-state index in [1.165, 1.54) is 7.11 Å². The predicted octanol–water partition coefficient (Wildman–Crippen LogP) is 4.24.